The van der Waals surface area contributed by atoms with Gasteiger partial charge in [-0.3, -0.25) is 14.4 Å². The minimum Gasteiger partial charge on any atom is -0.496 e. The summed E-state index contributed by atoms with van der Waals surface area (Å²) in [6.07, 6.45) is 0.921. The molecule has 2 aromatic rings. The molecule has 3 amide bonds. The lowest BCUT2D eigenvalue weighted by Crippen LogP contribution is -2.49. The van der Waals surface area contributed by atoms with Gasteiger partial charge in [-0.15, -0.1) is 0 Å². The van der Waals surface area contributed by atoms with E-state index >= 15 is 0 Å². The van der Waals surface area contributed by atoms with Crippen molar-refractivity contribution in [1.82, 2.24) is 20.5 Å². The first-order valence-electron chi connectivity index (χ1n) is 11.8. The van der Waals surface area contributed by atoms with Gasteiger partial charge in [0.15, 0.2) is 0 Å². The smallest absolute Gasteiger partial charge is 0.270 e. The van der Waals surface area contributed by atoms with Gasteiger partial charge in [-0.25, -0.2) is 4.39 Å². The first kappa shape index (κ1) is 24.5. The lowest BCUT2D eigenvalue weighted by Gasteiger charge is -2.25. The first-order chi connectivity index (χ1) is 16.6. The number of rotatable bonds is 7. The average Bonchev–Trinajstić information content (AvgIpc) is 3.55. The molecule has 10 heteroatoms. The van der Waals surface area contributed by atoms with E-state index in [1.54, 1.807) is 25.3 Å². The molecule has 4 atom stereocenters. The summed E-state index contributed by atoms with van der Waals surface area (Å²) < 4.78 is 20.3. The summed E-state index contributed by atoms with van der Waals surface area (Å²) in [5, 5.41) is 15.7. The zero-order valence-corrected chi connectivity index (χ0v) is 20.1. The fraction of sp³-hybridized carbons (Fsp3) is 0.520. The van der Waals surface area contributed by atoms with Crippen LogP contribution in [0.5, 0.6) is 5.75 Å². The molecule has 0 spiro atoms. The van der Waals surface area contributed by atoms with E-state index in [0.29, 0.717) is 24.2 Å². The standard InChI is InChI=1S/C25H30FN5O4/c1-25(2,26)15-10-20(23(33)29-16(12-27)9-14-7-8-28-22(14)32)31(13-15)24(34)19-11-17-18(30-19)5-4-6-21(17)35-3/h4-6,11,14-16,20,30H,7-10,13H2,1-3H3,(H,28,32)(H,29,33)/t14-,15+,16-,20-/m0/s1. The highest BCUT2D eigenvalue weighted by Crippen LogP contribution is 2.36. The van der Waals surface area contributed by atoms with Crippen molar-refractivity contribution >= 4 is 28.6 Å². The number of fused-ring (bicyclic) bond motifs is 1. The summed E-state index contributed by atoms with van der Waals surface area (Å²) in [5.41, 5.74) is -0.637. The minimum atomic E-state index is -1.60. The number of nitriles is 1. The Morgan fingerprint density at radius 2 is 2.17 bits per heavy atom. The maximum Gasteiger partial charge on any atom is 0.270 e. The van der Waals surface area contributed by atoms with Crippen molar-refractivity contribution in [2.75, 3.05) is 20.2 Å². The summed E-state index contributed by atoms with van der Waals surface area (Å²) >= 11 is 0. The molecule has 0 bridgehead atoms. The molecule has 0 unspecified atom stereocenters. The number of halogens is 1. The molecule has 2 aliphatic heterocycles. The van der Waals surface area contributed by atoms with Crippen LogP contribution >= 0.6 is 0 Å². The number of nitrogens with zero attached hydrogens (tertiary/aromatic N) is 2. The Hall–Kier alpha value is -3.61. The molecule has 0 aliphatic carbocycles. The number of ether oxygens (including phenoxy) is 1. The molecule has 9 nitrogen and oxygen atoms in total. The summed E-state index contributed by atoms with van der Waals surface area (Å²) in [7, 11) is 1.54. The average molecular weight is 484 g/mol. The predicted molar refractivity (Wildman–Crippen MR) is 126 cm³/mol. The molecule has 35 heavy (non-hydrogen) atoms. The predicted octanol–water partition coefficient (Wildman–Crippen LogP) is 2.29. The van der Waals surface area contributed by atoms with Crippen molar-refractivity contribution in [2.24, 2.45) is 11.8 Å². The lowest BCUT2D eigenvalue weighted by molar-refractivity contribution is -0.126. The third-order valence-electron chi connectivity index (χ3n) is 7.07. The van der Waals surface area contributed by atoms with Gasteiger partial charge in [0.1, 0.15) is 29.2 Å². The third-order valence-corrected chi connectivity index (χ3v) is 7.07. The van der Waals surface area contributed by atoms with Crippen molar-refractivity contribution in [3.05, 3.63) is 30.0 Å². The zero-order chi connectivity index (χ0) is 25.3. The number of benzene rings is 1. The highest BCUT2D eigenvalue weighted by atomic mass is 19.1. The molecule has 2 aliphatic rings. The van der Waals surface area contributed by atoms with E-state index in [2.05, 4.69) is 15.6 Å². The van der Waals surface area contributed by atoms with Crippen molar-refractivity contribution in [3.63, 3.8) is 0 Å². The van der Waals surface area contributed by atoms with Crippen LogP contribution in [-0.4, -0.2) is 65.6 Å². The molecule has 186 valence electrons. The maximum atomic E-state index is 14.9. The van der Waals surface area contributed by atoms with E-state index in [1.807, 2.05) is 12.1 Å². The van der Waals surface area contributed by atoms with Crippen LogP contribution in [0.3, 0.4) is 0 Å². The fourth-order valence-corrected chi connectivity index (χ4v) is 4.95. The number of methoxy groups -OCH3 is 1. The largest absolute Gasteiger partial charge is 0.496 e. The van der Waals surface area contributed by atoms with Gasteiger partial charge in [0.2, 0.25) is 11.8 Å². The number of likely N-dealkylation sites (tertiary alicyclic amines) is 1. The number of amides is 3. The summed E-state index contributed by atoms with van der Waals surface area (Å²) in [6, 6.07) is 7.27. The van der Waals surface area contributed by atoms with Crippen LogP contribution in [0.25, 0.3) is 10.9 Å². The van der Waals surface area contributed by atoms with Crippen LogP contribution in [0.1, 0.15) is 43.6 Å². The van der Waals surface area contributed by atoms with Gasteiger partial charge in [-0.1, -0.05) is 6.07 Å². The van der Waals surface area contributed by atoms with Crippen LogP contribution in [-0.2, 0) is 9.59 Å². The molecular weight excluding hydrogens is 453 g/mol. The van der Waals surface area contributed by atoms with Gasteiger partial charge in [-0.05, 0) is 51.3 Å². The third kappa shape index (κ3) is 4.94. The van der Waals surface area contributed by atoms with Gasteiger partial charge in [0, 0.05) is 35.8 Å². The number of aromatic amines is 1. The highest BCUT2D eigenvalue weighted by Gasteiger charge is 2.46. The fourth-order valence-electron chi connectivity index (χ4n) is 4.95. The molecule has 2 saturated heterocycles. The van der Waals surface area contributed by atoms with E-state index in [1.165, 1.54) is 18.7 Å². The second kappa shape index (κ2) is 9.56. The number of carbonyl (C=O) groups excluding carboxylic acids is 3. The Morgan fingerprint density at radius 1 is 1.40 bits per heavy atom. The molecule has 1 aromatic heterocycles. The summed E-state index contributed by atoms with van der Waals surface area (Å²) in [6.45, 7) is 3.48. The van der Waals surface area contributed by atoms with E-state index in [0.717, 1.165) is 5.39 Å². The molecule has 2 fully saturated rings. The molecule has 3 heterocycles. The Labute approximate surface area is 203 Å². The van der Waals surface area contributed by atoms with Crippen LogP contribution in [0.4, 0.5) is 4.39 Å². The monoisotopic (exact) mass is 483 g/mol. The molecule has 0 radical (unpaired) electrons. The Morgan fingerprint density at radius 3 is 2.80 bits per heavy atom. The Kier molecular flexibility index (Phi) is 6.70. The number of H-pyrrole nitrogens is 1. The van der Waals surface area contributed by atoms with Gasteiger partial charge in [0.05, 0.1) is 13.2 Å². The SMILES string of the molecule is COc1cccc2[nH]c(C(=O)N3C[C@H](C(C)(C)F)C[C@H]3C(=O)N[C@H](C#N)C[C@@H]3CCNC3=O)cc12. The number of hydrogen-bond acceptors (Lipinski definition) is 5. The Bertz CT molecular complexity index is 1180. The van der Waals surface area contributed by atoms with Gasteiger partial charge in [0.25, 0.3) is 5.91 Å². The van der Waals surface area contributed by atoms with E-state index < -0.39 is 35.5 Å². The molecule has 1 aromatic carbocycles. The second-order valence-corrected chi connectivity index (χ2v) is 9.78. The number of carbonyl (C=O) groups is 3. The quantitative estimate of drug-likeness (QED) is 0.557. The number of nitrogens with one attached hydrogen (secondary N) is 3. The van der Waals surface area contributed by atoms with Crippen LogP contribution < -0.4 is 15.4 Å². The second-order valence-electron chi connectivity index (χ2n) is 9.78. The van der Waals surface area contributed by atoms with Crippen molar-refractivity contribution < 1.29 is 23.5 Å². The van der Waals surface area contributed by atoms with Gasteiger partial charge < -0.3 is 25.3 Å². The molecule has 3 N–H and O–H groups in total. The highest BCUT2D eigenvalue weighted by molar-refractivity contribution is 6.01. The van der Waals surface area contributed by atoms with E-state index in [9.17, 15) is 24.0 Å². The molecule has 0 saturated carbocycles. The van der Waals surface area contributed by atoms with Crippen molar-refractivity contribution in [2.45, 2.75) is 50.9 Å². The summed E-state index contributed by atoms with van der Waals surface area (Å²) in [4.78, 5) is 43.1. The topological polar surface area (TPSA) is 127 Å². The van der Waals surface area contributed by atoms with E-state index in [-0.39, 0.29) is 36.9 Å². The lowest BCUT2D eigenvalue weighted by atomic mass is 9.90. The number of hydrogen-bond donors (Lipinski definition) is 3. The zero-order valence-electron chi connectivity index (χ0n) is 20.1. The molecular formula is C25H30FN5O4. The normalized spacial score (nSPS) is 23.1. The first-order valence-corrected chi connectivity index (χ1v) is 11.8. The maximum absolute atomic E-state index is 14.9. The number of aromatic nitrogens is 1. The Balaban J connectivity index is 1.56. The van der Waals surface area contributed by atoms with Crippen molar-refractivity contribution in [1.29, 1.82) is 5.26 Å². The number of alkyl halides is 1. The van der Waals surface area contributed by atoms with Crippen LogP contribution in [0.15, 0.2) is 24.3 Å². The molecule has 4 rings (SSSR count). The van der Waals surface area contributed by atoms with Gasteiger partial charge >= 0.3 is 0 Å². The van der Waals surface area contributed by atoms with Crippen molar-refractivity contribution in [3.8, 4) is 11.8 Å². The van der Waals surface area contributed by atoms with Crippen LogP contribution in [0.2, 0.25) is 0 Å². The summed E-state index contributed by atoms with van der Waals surface area (Å²) in [5.74, 6) is -1.39. The van der Waals surface area contributed by atoms with E-state index in [4.69, 9.17) is 4.74 Å². The minimum absolute atomic E-state index is 0.0647. The van der Waals surface area contributed by atoms with Gasteiger partial charge in [-0.2, -0.15) is 5.26 Å². The van der Waals surface area contributed by atoms with Crippen LogP contribution in [0, 0.1) is 23.2 Å².